The van der Waals surface area contributed by atoms with Gasteiger partial charge in [-0.3, -0.25) is 9.00 Å². The number of hydrogen-bond donors (Lipinski definition) is 2. The molecule has 0 spiro atoms. The second-order valence-electron chi connectivity index (χ2n) is 4.16. The number of carbonyl (C=O) groups is 2. The van der Waals surface area contributed by atoms with Gasteiger partial charge in [-0.1, -0.05) is 0 Å². The minimum atomic E-state index is -1.86. The molecule has 2 atom stereocenters. The van der Waals surface area contributed by atoms with Crippen molar-refractivity contribution >= 4 is 38.6 Å². The SMILES string of the molecule is CC(=O)N[C@@H](CS(=O)Cc1c(F)ccc(Br)c1F)C(=O)O. The van der Waals surface area contributed by atoms with E-state index in [4.69, 9.17) is 5.11 Å². The van der Waals surface area contributed by atoms with Gasteiger partial charge in [-0.15, -0.1) is 0 Å². The van der Waals surface area contributed by atoms with E-state index in [2.05, 4.69) is 21.2 Å². The van der Waals surface area contributed by atoms with Crippen LogP contribution in [0.5, 0.6) is 0 Å². The van der Waals surface area contributed by atoms with Crippen LogP contribution in [0, 0.1) is 11.6 Å². The average molecular weight is 384 g/mol. The van der Waals surface area contributed by atoms with Crippen molar-refractivity contribution < 1.29 is 27.7 Å². The number of hydrogen-bond acceptors (Lipinski definition) is 3. The van der Waals surface area contributed by atoms with Gasteiger partial charge in [0.2, 0.25) is 5.91 Å². The lowest BCUT2D eigenvalue weighted by Crippen LogP contribution is -2.43. The predicted molar refractivity (Wildman–Crippen MR) is 76.0 cm³/mol. The van der Waals surface area contributed by atoms with Crippen molar-refractivity contribution in [3.05, 3.63) is 33.8 Å². The summed E-state index contributed by atoms with van der Waals surface area (Å²) in [5.41, 5.74) is -0.394. The summed E-state index contributed by atoms with van der Waals surface area (Å²) in [7, 11) is -1.86. The van der Waals surface area contributed by atoms with Crippen LogP contribution in [0.3, 0.4) is 0 Å². The maximum absolute atomic E-state index is 13.7. The molecule has 1 unspecified atom stereocenters. The predicted octanol–water partition coefficient (Wildman–Crippen LogP) is 1.57. The van der Waals surface area contributed by atoms with Gasteiger partial charge in [-0.25, -0.2) is 13.6 Å². The molecule has 0 radical (unpaired) electrons. The first-order valence-electron chi connectivity index (χ1n) is 5.69. The molecule has 0 aliphatic rings. The highest BCUT2D eigenvalue weighted by Gasteiger charge is 2.23. The van der Waals surface area contributed by atoms with Crippen molar-refractivity contribution in [1.29, 1.82) is 0 Å². The Morgan fingerprint density at radius 3 is 2.57 bits per heavy atom. The van der Waals surface area contributed by atoms with Crippen LogP contribution in [-0.4, -0.2) is 33.0 Å². The highest BCUT2D eigenvalue weighted by Crippen LogP contribution is 2.22. The third-order valence-electron chi connectivity index (χ3n) is 2.47. The normalized spacial score (nSPS) is 13.5. The highest BCUT2D eigenvalue weighted by molar-refractivity contribution is 9.10. The minimum absolute atomic E-state index is 0.0209. The van der Waals surface area contributed by atoms with Crippen LogP contribution in [0.1, 0.15) is 12.5 Å². The Balaban J connectivity index is 2.84. The standard InChI is InChI=1S/C12H12BrF2NO4S/c1-6(17)16-10(12(18)19)5-21(20)4-7-9(14)3-2-8(13)11(7)15/h2-3,10H,4-5H2,1H3,(H,16,17)(H,18,19)/t10-,21?/m0/s1. The Kier molecular flexibility index (Phi) is 6.41. The summed E-state index contributed by atoms with van der Waals surface area (Å²) in [4.78, 5) is 21.8. The Labute approximate surface area is 130 Å². The minimum Gasteiger partial charge on any atom is -0.480 e. The smallest absolute Gasteiger partial charge is 0.327 e. The molecule has 0 aliphatic heterocycles. The Bertz CT molecular complexity index is 597. The van der Waals surface area contributed by atoms with E-state index < -0.39 is 57.4 Å². The van der Waals surface area contributed by atoms with Crippen LogP contribution < -0.4 is 5.32 Å². The van der Waals surface area contributed by atoms with Gasteiger partial charge in [0.05, 0.1) is 16.0 Å². The number of carboxylic acid groups (broad SMARTS) is 1. The van der Waals surface area contributed by atoms with Gasteiger partial charge < -0.3 is 10.4 Å². The number of carboxylic acids is 1. The zero-order chi connectivity index (χ0) is 16.2. The molecule has 1 amide bonds. The van der Waals surface area contributed by atoms with E-state index in [1.807, 2.05) is 0 Å². The second-order valence-corrected chi connectivity index (χ2v) is 6.52. The molecule has 5 nitrogen and oxygen atoms in total. The summed E-state index contributed by atoms with van der Waals surface area (Å²) >= 11 is 2.89. The van der Waals surface area contributed by atoms with E-state index in [1.54, 1.807) is 0 Å². The van der Waals surface area contributed by atoms with Crippen molar-refractivity contribution in [3.8, 4) is 0 Å². The molecule has 0 saturated carbocycles. The van der Waals surface area contributed by atoms with Gasteiger partial charge in [0.25, 0.3) is 0 Å². The van der Waals surface area contributed by atoms with Crippen molar-refractivity contribution in [3.63, 3.8) is 0 Å². The summed E-state index contributed by atoms with van der Waals surface area (Å²) < 4.78 is 39.1. The first-order chi connectivity index (χ1) is 9.72. The number of benzene rings is 1. The first-order valence-corrected chi connectivity index (χ1v) is 7.97. The maximum Gasteiger partial charge on any atom is 0.327 e. The molecule has 2 N–H and O–H groups in total. The van der Waals surface area contributed by atoms with Crippen LogP contribution in [0.25, 0.3) is 0 Å². The number of halogens is 3. The van der Waals surface area contributed by atoms with E-state index in [9.17, 15) is 22.6 Å². The molecular formula is C12H12BrF2NO4S. The lowest BCUT2D eigenvalue weighted by Gasteiger charge is -2.13. The Hall–Kier alpha value is -1.35. The zero-order valence-corrected chi connectivity index (χ0v) is 13.3. The average Bonchev–Trinajstić information content (AvgIpc) is 2.38. The molecular weight excluding hydrogens is 372 g/mol. The van der Waals surface area contributed by atoms with Crippen LogP contribution >= 0.6 is 15.9 Å². The number of rotatable bonds is 6. The molecule has 0 fully saturated rings. The van der Waals surface area contributed by atoms with Crippen LogP contribution in [-0.2, 0) is 26.1 Å². The third-order valence-corrected chi connectivity index (χ3v) is 4.40. The fourth-order valence-electron chi connectivity index (χ4n) is 1.53. The van der Waals surface area contributed by atoms with Gasteiger partial charge >= 0.3 is 5.97 Å². The van der Waals surface area contributed by atoms with Crippen molar-refractivity contribution in [2.45, 2.75) is 18.7 Å². The quantitative estimate of drug-likeness (QED) is 0.730. The molecule has 0 aromatic heterocycles. The number of amides is 1. The molecule has 1 aromatic rings. The van der Waals surface area contributed by atoms with E-state index in [-0.39, 0.29) is 4.47 Å². The van der Waals surface area contributed by atoms with Gasteiger partial charge in [-0.2, -0.15) is 0 Å². The van der Waals surface area contributed by atoms with Gasteiger partial charge in [0.1, 0.15) is 17.7 Å². The molecule has 0 bridgehead atoms. The molecule has 1 aromatic carbocycles. The number of aliphatic carboxylic acids is 1. The van der Waals surface area contributed by atoms with Gasteiger partial charge in [0, 0.05) is 23.3 Å². The third kappa shape index (κ3) is 5.16. The van der Waals surface area contributed by atoms with E-state index in [1.165, 1.54) is 6.07 Å². The second kappa shape index (κ2) is 7.60. The molecule has 1 rings (SSSR count). The molecule has 0 aliphatic carbocycles. The lowest BCUT2D eigenvalue weighted by atomic mass is 10.2. The van der Waals surface area contributed by atoms with Crippen LogP contribution in [0.2, 0.25) is 0 Å². The molecule has 116 valence electrons. The zero-order valence-electron chi connectivity index (χ0n) is 10.9. The summed E-state index contributed by atoms with van der Waals surface area (Å²) in [6, 6.07) is 0.818. The summed E-state index contributed by atoms with van der Waals surface area (Å²) in [6.45, 7) is 1.12. The van der Waals surface area contributed by atoms with E-state index >= 15 is 0 Å². The van der Waals surface area contributed by atoms with E-state index in [0.717, 1.165) is 13.0 Å². The highest BCUT2D eigenvalue weighted by atomic mass is 79.9. The monoisotopic (exact) mass is 383 g/mol. The Morgan fingerprint density at radius 2 is 2.05 bits per heavy atom. The fourth-order valence-corrected chi connectivity index (χ4v) is 3.20. The summed E-state index contributed by atoms with van der Waals surface area (Å²) in [5.74, 6) is -4.64. The largest absolute Gasteiger partial charge is 0.480 e. The first kappa shape index (κ1) is 17.7. The molecule has 21 heavy (non-hydrogen) atoms. The molecule has 0 heterocycles. The number of nitrogens with one attached hydrogen (secondary N) is 1. The Morgan fingerprint density at radius 1 is 1.43 bits per heavy atom. The van der Waals surface area contributed by atoms with Gasteiger partial charge in [-0.05, 0) is 28.1 Å². The van der Waals surface area contributed by atoms with E-state index in [0.29, 0.717) is 0 Å². The van der Waals surface area contributed by atoms with Crippen LogP contribution in [0.4, 0.5) is 8.78 Å². The summed E-state index contributed by atoms with van der Waals surface area (Å²) in [5, 5.41) is 11.0. The number of carbonyl (C=O) groups excluding carboxylic acids is 1. The molecule has 9 heteroatoms. The molecule has 0 saturated heterocycles. The van der Waals surface area contributed by atoms with Gasteiger partial charge in [0.15, 0.2) is 0 Å². The van der Waals surface area contributed by atoms with Crippen molar-refractivity contribution in [2.75, 3.05) is 5.75 Å². The fraction of sp³-hybridized carbons (Fsp3) is 0.333. The van der Waals surface area contributed by atoms with Crippen molar-refractivity contribution in [2.24, 2.45) is 0 Å². The maximum atomic E-state index is 13.7. The van der Waals surface area contributed by atoms with Crippen molar-refractivity contribution in [1.82, 2.24) is 5.32 Å². The lowest BCUT2D eigenvalue weighted by molar-refractivity contribution is -0.140. The topological polar surface area (TPSA) is 83.5 Å². The van der Waals surface area contributed by atoms with Crippen LogP contribution in [0.15, 0.2) is 16.6 Å². The summed E-state index contributed by atoms with van der Waals surface area (Å²) in [6.07, 6.45) is 0.